The van der Waals surface area contributed by atoms with Gasteiger partial charge in [0.1, 0.15) is 0 Å². The molecule has 0 aliphatic rings. The Morgan fingerprint density at radius 3 is 2.00 bits per heavy atom. The van der Waals surface area contributed by atoms with Gasteiger partial charge < -0.3 is 14.2 Å². The van der Waals surface area contributed by atoms with Crippen LogP contribution >= 0.6 is 0 Å². The van der Waals surface area contributed by atoms with E-state index in [0.717, 1.165) is 19.3 Å². The minimum Gasteiger partial charge on any atom is -0.493 e. The molecule has 0 radical (unpaired) electrons. The number of rotatable bonds is 8. The van der Waals surface area contributed by atoms with Crippen LogP contribution < -0.4 is 14.2 Å². The molecule has 0 spiro atoms. The molecule has 1 rings (SSSR count). The summed E-state index contributed by atoms with van der Waals surface area (Å²) in [4.78, 5) is 12.1. The van der Waals surface area contributed by atoms with Crippen LogP contribution in [0.25, 0.3) is 0 Å². The molecule has 19 heavy (non-hydrogen) atoms. The largest absolute Gasteiger partial charge is 0.493 e. The summed E-state index contributed by atoms with van der Waals surface area (Å²) in [6.07, 6.45) is 3.62. The molecule has 0 saturated carbocycles. The first kappa shape index (κ1) is 15.3. The lowest BCUT2D eigenvalue weighted by atomic mass is 10.0. The van der Waals surface area contributed by atoms with Gasteiger partial charge >= 0.3 is 0 Å². The number of hydrogen-bond donors (Lipinski definition) is 0. The summed E-state index contributed by atoms with van der Waals surface area (Å²) in [5.41, 5.74) is 0.602. The van der Waals surface area contributed by atoms with Crippen LogP contribution in [-0.2, 0) is 0 Å². The van der Waals surface area contributed by atoms with Gasteiger partial charge in [0.25, 0.3) is 0 Å². The number of methoxy groups -OCH3 is 3. The maximum Gasteiger partial charge on any atom is 0.203 e. The highest BCUT2D eigenvalue weighted by Gasteiger charge is 2.16. The molecule has 0 aliphatic heterocycles. The molecule has 0 aromatic heterocycles. The van der Waals surface area contributed by atoms with Crippen LogP contribution in [0.3, 0.4) is 0 Å². The number of ketones is 1. The van der Waals surface area contributed by atoms with E-state index in [0.29, 0.717) is 29.2 Å². The third kappa shape index (κ3) is 3.88. The number of ether oxygens (including phenoxy) is 3. The van der Waals surface area contributed by atoms with E-state index in [1.165, 1.54) is 0 Å². The Bertz CT molecular complexity index is 401. The third-order valence-corrected chi connectivity index (χ3v) is 2.99. The Balaban J connectivity index is 2.98. The molecule has 0 aliphatic carbocycles. The molecule has 1 aromatic rings. The zero-order valence-corrected chi connectivity index (χ0v) is 12.1. The molecule has 0 N–H and O–H groups in total. The van der Waals surface area contributed by atoms with Gasteiger partial charge in [-0.2, -0.15) is 0 Å². The minimum absolute atomic E-state index is 0.104. The summed E-state index contributed by atoms with van der Waals surface area (Å²) >= 11 is 0. The highest BCUT2D eigenvalue weighted by molar-refractivity contribution is 5.97. The van der Waals surface area contributed by atoms with Gasteiger partial charge in [-0.25, -0.2) is 0 Å². The van der Waals surface area contributed by atoms with Crippen molar-refractivity contribution in [2.75, 3.05) is 21.3 Å². The smallest absolute Gasteiger partial charge is 0.203 e. The van der Waals surface area contributed by atoms with Gasteiger partial charge in [-0.1, -0.05) is 19.8 Å². The predicted molar refractivity (Wildman–Crippen MR) is 74.6 cm³/mol. The lowest BCUT2D eigenvalue weighted by Gasteiger charge is -2.13. The Morgan fingerprint density at radius 2 is 1.58 bits per heavy atom. The quantitative estimate of drug-likeness (QED) is 0.534. The number of hydrogen-bond acceptors (Lipinski definition) is 4. The maximum absolute atomic E-state index is 12.1. The minimum atomic E-state index is 0.104. The summed E-state index contributed by atoms with van der Waals surface area (Å²) in [5, 5.41) is 0. The molecule has 0 unspecified atom stereocenters. The summed E-state index contributed by atoms with van der Waals surface area (Å²) in [5.74, 6) is 1.64. The zero-order chi connectivity index (χ0) is 14.3. The fourth-order valence-corrected chi connectivity index (χ4v) is 1.92. The second kappa shape index (κ2) is 7.67. The van der Waals surface area contributed by atoms with Gasteiger partial charge in [0.15, 0.2) is 17.3 Å². The van der Waals surface area contributed by atoms with Gasteiger partial charge in [0.2, 0.25) is 5.75 Å². The van der Waals surface area contributed by atoms with Crippen molar-refractivity contribution in [2.45, 2.75) is 32.6 Å². The molecule has 0 atom stereocenters. The number of benzene rings is 1. The summed E-state index contributed by atoms with van der Waals surface area (Å²) in [7, 11) is 4.63. The summed E-state index contributed by atoms with van der Waals surface area (Å²) < 4.78 is 15.7. The lowest BCUT2D eigenvalue weighted by Crippen LogP contribution is -2.02. The van der Waals surface area contributed by atoms with Crippen LogP contribution in [0.15, 0.2) is 12.1 Å². The fourth-order valence-electron chi connectivity index (χ4n) is 1.92. The Hall–Kier alpha value is -1.71. The average Bonchev–Trinajstić information content (AvgIpc) is 2.45. The van der Waals surface area contributed by atoms with Crippen molar-refractivity contribution in [3.63, 3.8) is 0 Å². The van der Waals surface area contributed by atoms with Crippen molar-refractivity contribution in [3.05, 3.63) is 17.7 Å². The van der Waals surface area contributed by atoms with Crippen LogP contribution in [0.1, 0.15) is 43.0 Å². The second-order valence-corrected chi connectivity index (χ2v) is 4.29. The van der Waals surface area contributed by atoms with Crippen LogP contribution in [0.5, 0.6) is 17.2 Å². The third-order valence-electron chi connectivity index (χ3n) is 2.99. The van der Waals surface area contributed by atoms with Gasteiger partial charge in [-0.05, 0) is 18.6 Å². The van der Waals surface area contributed by atoms with Crippen molar-refractivity contribution in [1.82, 2.24) is 0 Å². The molecule has 4 heteroatoms. The van der Waals surface area contributed by atoms with E-state index in [1.807, 2.05) is 0 Å². The molecule has 4 nitrogen and oxygen atoms in total. The molecule has 106 valence electrons. The molecule has 1 aromatic carbocycles. The van der Waals surface area contributed by atoms with Gasteiger partial charge in [-0.15, -0.1) is 0 Å². The first-order valence-corrected chi connectivity index (χ1v) is 6.51. The standard InChI is InChI=1S/C15H22O4/c1-5-6-7-8-12(16)11-9-13(17-2)15(19-4)14(10-11)18-3/h9-10H,5-8H2,1-4H3. The zero-order valence-electron chi connectivity index (χ0n) is 12.1. The van der Waals surface area contributed by atoms with Crippen LogP contribution in [0.4, 0.5) is 0 Å². The predicted octanol–water partition coefficient (Wildman–Crippen LogP) is 3.48. The highest BCUT2D eigenvalue weighted by atomic mass is 16.5. The lowest BCUT2D eigenvalue weighted by molar-refractivity contribution is 0.0978. The summed E-state index contributed by atoms with van der Waals surface area (Å²) in [6.45, 7) is 2.11. The molecule has 0 heterocycles. The summed E-state index contributed by atoms with van der Waals surface area (Å²) in [6, 6.07) is 3.41. The van der Waals surface area contributed by atoms with Crippen LogP contribution in [-0.4, -0.2) is 27.1 Å². The second-order valence-electron chi connectivity index (χ2n) is 4.29. The fraction of sp³-hybridized carbons (Fsp3) is 0.533. The molecule has 0 saturated heterocycles. The molecule has 0 bridgehead atoms. The average molecular weight is 266 g/mol. The van der Waals surface area contributed by atoms with E-state index in [-0.39, 0.29) is 5.78 Å². The van der Waals surface area contributed by atoms with Crippen LogP contribution in [0.2, 0.25) is 0 Å². The molecule has 0 fully saturated rings. The number of Topliss-reactive ketones (excluding diaryl/α,β-unsaturated/α-hetero) is 1. The number of carbonyl (C=O) groups is 1. The van der Waals surface area contributed by atoms with E-state index in [1.54, 1.807) is 33.5 Å². The van der Waals surface area contributed by atoms with Gasteiger partial charge in [0, 0.05) is 12.0 Å². The van der Waals surface area contributed by atoms with Crippen molar-refractivity contribution in [1.29, 1.82) is 0 Å². The van der Waals surface area contributed by atoms with Crippen molar-refractivity contribution >= 4 is 5.78 Å². The molecular formula is C15H22O4. The van der Waals surface area contributed by atoms with E-state index >= 15 is 0 Å². The van der Waals surface area contributed by atoms with E-state index in [9.17, 15) is 4.79 Å². The van der Waals surface area contributed by atoms with E-state index < -0.39 is 0 Å². The Morgan fingerprint density at radius 1 is 1.00 bits per heavy atom. The van der Waals surface area contributed by atoms with E-state index in [4.69, 9.17) is 14.2 Å². The van der Waals surface area contributed by atoms with E-state index in [2.05, 4.69) is 6.92 Å². The van der Waals surface area contributed by atoms with Gasteiger partial charge in [-0.3, -0.25) is 4.79 Å². The molecular weight excluding hydrogens is 244 g/mol. The SMILES string of the molecule is CCCCCC(=O)c1cc(OC)c(OC)c(OC)c1. The normalized spacial score (nSPS) is 10.1. The van der Waals surface area contributed by atoms with Crippen molar-refractivity contribution in [2.24, 2.45) is 0 Å². The highest BCUT2D eigenvalue weighted by Crippen LogP contribution is 2.38. The first-order chi connectivity index (χ1) is 9.17. The van der Waals surface area contributed by atoms with Crippen molar-refractivity contribution < 1.29 is 19.0 Å². The first-order valence-electron chi connectivity index (χ1n) is 6.51. The Kier molecular flexibility index (Phi) is 6.19. The van der Waals surface area contributed by atoms with Gasteiger partial charge in [0.05, 0.1) is 21.3 Å². The maximum atomic E-state index is 12.1. The monoisotopic (exact) mass is 266 g/mol. The molecule has 0 amide bonds. The number of carbonyl (C=O) groups excluding carboxylic acids is 1. The topological polar surface area (TPSA) is 44.8 Å². The van der Waals surface area contributed by atoms with Crippen LogP contribution in [0, 0.1) is 0 Å². The Labute approximate surface area is 114 Å². The van der Waals surface area contributed by atoms with Crippen molar-refractivity contribution in [3.8, 4) is 17.2 Å². The number of unbranched alkanes of at least 4 members (excludes halogenated alkanes) is 2.